The molecule has 0 aromatic rings. The molecule has 1 aliphatic heterocycles. The number of rotatable bonds is 1. The number of hydrogen-bond donors (Lipinski definition) is 1. The minimum absolute atomic E-state index is 0.447. The first-order valence-corrected chi connectivity index (χ1v) is 4.46. The SMILES string of the molecule is C1=CC(C2CNCCO2)CC1. The molecule has 0 aromatic heterocycles. The fourth-order valence-electron chi connectivity index (χ4n) is 1.83. The van der Waals surface area contributed by atoms with Crippen LogP contribution in [-0.4, -0.2) is 25.8 Å². The van der Waals surface area contributed by atoms with Crippen LogP contribution in [-0.2, 0) is 4.74 Å². The van der Waals surface area contributed by atoms with Crippen molar-refractivity contribution in [2.75, 3.05) is 19.7 Å². The molecule has 0 radical (unpaired) electrons. The lowest BCUT2D eigenvalue weighted by atomic mass is 10.0. The van der Waals surface area contributed by atoms with Crippen LogP contribution in [0.4, 0.5) is 0 Å². The van der Waals surface area contributed by atoms with E-state index >= 15 is 0 Å². The molecule has 0 bridgehead atoms. The van der Waals surface area contributed by atoms with Crippen LogP contribution < -0.4 is 5.32 Å². The third-order valence-corrected chi connectivity index (χ3v) is 2.48. The van der Waals surface area contributed by atoms with E-state index in [-0.39, 0.29) is 0 Å². The van der Waals surface area contributed by atoms with Gasteiger partial charge < -0.3 is 10.1 Å². The number of morpholine rings is 1. The van der Waals surface area contributed by atoms with Crippen LogP contribution >= 0.6 is 0 Å². The normalized spacial score (nSPS) is 37.8. The molecule has 11 heavy (non-hydrogen) atoms. The first kappa shape index (κ1) is 7.32. The average Bonchev–Trinajstić information content (AvgIpc) is 2.58. The molecule has 0 aromatic carbocycles. The van der Waals surface area contributed by atoms with Gasteiger partial charge in [-0.05, 0) is 12.8 Å². The molecule has 62 valence electrons. The maximum Gasteiger partial charge on any atom is 0.0762 e. The van der Waals surface area contributed by atoms with Crippen LogP contribution in [0.5, 0.6) is 0 Å². The van der Waals surface area contributed by atoms with Gasteiger partial charge in [-0.3, -0.25) is 0 Å². The molecule has 1 aliphatic carbocycles. The molecule has 0 amide bonds. The molecule has 1 fully saturated rings. The fourth-order valence-corrected chi connectivity index (χ4v) is 1.83. The Morgan fingerprint density at radius 2 is 2.45 bits per heavy atom. The zero-order valence-corrected chi connectivity index (χ0v) is 6.75. The standard InChI is InChI=1S/C9H15NO/c1-2-4-8(3-1)9-7-10-5-6-11-9/h1,3,8-10H,2,4-7H2. The highest BCUT2D eigenvalue weighted by Crippen LogP contribution is 2.23. The van der Waals surface area contributed by atoms with E-state index in [0.717, 1.165) is 19.7 Å². The number of ether oxygens (including phenoxy) is 1. The Hall–Kier alpha value is -0.340. The van der Waals surface area contributed by atoms with Crippen molar-refractivity contribution in [1.29, 1.82) is 0 Å². The van der Waals surface area contributed by atoms with Gasteiger partial charge in [0.25, 0.3) is 0 Å². The molecule has 0 saturated carbocycles. The molecular formula is C9H15NO. The molecule has 2 unspecified atom stereocenters. The second-order valence-electron chi connectivity index (χ2n) is 3.28. The molecule has 1 heterocycles. The lowest BCUT2D eigenvalue weighted by Gasteiger charge is -2.27. The molecule has 1 saturated heterocycles. The second-order valence-corrected chi connectivity index (χ2v) is 3.28. The predicted molar refractivity (Wildman–Crippen MR) is 44.5 cm³/mol. The molecule has 2 atom stereocenters. The Morgan fingerprint density at radius 1 is 1.45 bits per heavy atom. The monoisotopic (exact) mass is 153 g/mol. The second kappa shape index (κ2) is 3.37. The van der Waals surface area contributed by atoms with E-state index in [2.05, 4.69) is 17.5 Å². The Kier molecular flexibility index (Phi) is 2.24. The van der Waals surface area contributed by atoms with E-state index in [9.17, 15) is 0 Å². The molecule has 0 spiro atoms. The minimum atomic E-state index is 0.447. The summed E-state index contributed by atoms with van der Waals surface area (Å²) in [7, 11) is 0. The summed E-state index contributed by atoms with van der Waals surface area (Å²) in [5.41, 5.74) is 0. The lowest BCUT2D eigenvalue weighted by molar-refractivity contribution is 0.00326. The van der Waals surface area contributed by atoms with Crippen LogP contribution in [0, 0.1) is 5.92 Å². The fraction of sp³-hybridized carbons (Fsp3) is 0.778. The van der Waals surface area contributed by atoms with E-state index < -0.39 is 0 Å². The maximum absolute atomic E-state index is 5.65. The summed E-state index contributed by atoms with van der Waals surface area (Å²) in [6.07, 6.45) is 7.54. The highest BCUT2D eigenvalue weighted by Gasteiger charge is 2.23. The third-order valence-electron chi connectivity index (χ3n) is 2.48. The van der Waals surface area contributed by atoms with Crippen molar-refractivity contribution in [3.63, 3.8) is 0 Å². The first-order valence-electron chi connectivity index (χ1n) is 4.46. The summed E-state index contributed by atoms with van der Waals surface area (Å²) in [5.74, 6) is 0.683. The third kappa shape index (κ3) is 1.63. The quantitative estimate of drug-likeness (QED) is 0.566. The first-order chi connectivity index (χ1) is 5.47. The predicted octanol–water partition coefficient (Wildman–Crippen LogP) is 0.941. The van der Waals surface area contributed by atoms with Gasteiger partial charge in [-0.15, -0.1) is 0 Å². The van der Waals surface area contributed by atoms with E-state index in [1.165, 1.54) is 12.8 Å². The summed E-state index contributed by atoms with van der Waals surface area (Å²) >= 11 is 0. The number of allylic oxidation sites excluding steroid dienone is 1. The van der Waals surface area contributed by atoms with E-state index in [0.29, 0.717) is 12.0 Å². The zero-order chi connectivity index (χ0) is 7.52. The molecule has 2 heteroatoms. The van der Waals surface area contributed by atoms with E-state index in [1.807, 2.05) is 0 Å². The van der Waals surface area contributed by atoms with Crippen LogP contribution in [0.3, 0.4) is 0 Å². The topological polar surface area (TPSA) is 21.3 Å². The number of nitrogens with one attached hydrogen (secondary N) is 1. The van der Waals surface area contributed by atoms with Crippen molar-refractivity contribution < 1.29 is 4.74 Å². The molecule has 1 N–H and O–H groups in total. The van der Waals surface area contributed by atoms with Gasteiger partial charge in [0.05, 0.1) is 12.7 Å². The van der Waals surface area contributed by atoms with Crippen molar-refractivity contribution in [2.45, 2.75) is 18.9 Å². The molecule has 2 nitrogen and oxygen atoms in total. The van der Waals surface area contributed by atoms with Gasteiger partial charge in [-0.2, -0.15) is 0 Å². The molecule has 2 aliphatic rings. The average molecular weight is 153 g/mol. The zero-order valence-electron chi connectivity index (χ0n) is 6.75. The van der Waals surface area contributed by atoms with Crippen molar-refractivity contribution in [2.24, 2.45) is 5.92 Å². The minimum Gasteiger partial charge on any atom is -0.375 e. The Labute approximate surface area is 67.6 Å². The smallest absolute Gasteiger partial charge is 0.0762 e. The van der Waals surface area contributed by atoms with Gasteiger partial charge in [0.2, 0.25) is 0 Å². The summed E-state index contributed by atoms with van der Waals surface area (Å²) in [5, 5.41) is 3.35. The Morgan fingerprint density at radius 3 is 3.09 bits per heavy atom. The van der Waals surface area contributed by atoms with Crippen molar-refractivity contribution in [3.05, 3.63) is 12.2 Å². The van der Waals surface area contributed by atoms with E-state index in [1.54, 1.807) is 0 Å². The van der Waals surface area contributed by atoms with Crippen LogP contribution in [0.25, 0.3) is 0 Å². The van der Waals surface area contributed by atoms with Crippen LogP contribution in [0.2, 0.25) is 0 Å². The van der Waals surface area contributed by atoms with Crippen molar-refractivity contribution in [3.8, 4) is 0 Å². The molecule has 2 rings (SSSR count). The van der Waals surface area contributed by atoms with Gasteiger partial charge in [0.15, 0.2) is 0 Å². The Bertz CT molecular complexity index is 150. The number of hydrogen-bond acceptors (Lipinski definition) is 2. The van der Waals surface area contributed by atoms with Gasteiger partial charge in [0.1, 0.15) is 0 Å². The maximum atomic E-state index is 5.65. The summed E-state index contributed by atoms with van der Waals surface area (Å²) < 4.78 is 5.65. The van der Waals surface area contributed by atoms with Gasteiger partial charge >= 0.3 is 0 Å². The molecular weight excluding hydrogens is 138 g/mol. The van der Waals surface area contributed by atoms with Crippen LogP contribution in [0.1, 0.15) is 12.8 Å². The van der Waals surface area contributed by atoms with Crippen LogP contribution in [0.15, 0.2) is 12.2 Å². The largest absolute Gasteiger partial charge is 0.375 e. The highest BCUT2D eigenvalue weighted by atomic mass is 16.5. The van der Waals surface area contributed by atoms with Crippen molar-refractivity contribution >= 4 is 0 Å². The van der Waals surface area contributed by atoms with Gasteiger partial charge in [-0.25, -0.2) is 0 Å². The summed E-state index contributed by atoms with van der Waals surface area (Å²) in [6, 6.07) is 0. The summed E-state index contributed by atoms with van der Waals surface area (Å²) in [6.45, 7) is 2.94. The van der Waals surface area contributed by atoms with Gasteiger partial charge in [-0.1, -0.05) is 12.2 Å². The van der Waals surface area contributed by atoms with Gasteiger partial charge in [0, 0.05) is 19.0 Å². The van der Waals surface area contributed by atoms with Crippen molar-refractivity contribution in [1.82, 2.24) is 5.32 Å². The van der Waals surface area contributed by atoms with E-state index in [4.69, 9.17) is 4.74 Å². The highest BCUT2D eigenvalue weighted by molar-refractivity contribution is 5.00. The lowest BCUT2D eigenvalue weighted by Crippen LogP contribution is -2.41. The summed E-state index contributed by atoms with van der Waals surface area (Å²) in [4.78, 5) is 0. The Balaban J connectivity index is 1.87.